The fourth-order valence-corrected chi connectivity index (χ4v) is 4.41. The van der Waals surface area contributed by atoms with Crippen molar-refractivity contribution in [1.82, 2.24) is 9.78 Å². The third-order valence-corrected chi connectivity index (χ3v) is 5.82. The normalized spacial score (nSPS) is 15.6. The SMILES string of the molecule is CCC(CC)n1ccc(CC(O)c2cc3c(s2)CCC3)n1. The Morgan fingerprint density at radius 1 is 1.33 bits per heavy atom. The Balaban J connectivity index is 1.68. The number of fused-ring (bicyclic) bond motifs is 1. The van der Waals surface area contributed by atoms with Crippen molar-refractivity contribution >= 4 is 11.3 Å². The third kappa shape index (κ3) is 3.06. The molecule has 0 spiro atoms. The zero-order chi connectivity index (χ0) is 14.8. The Morgan fingerprint density at radius 3 is 2.86 bits per heavy atom. The molecule has 2 aromatic heterocycles. The molecule has 114 valence electrons. The minimum absolute atomic E-state index is 0.411. The molecule has 0 radical (unpaired) electrons. The standard InChI is InChI=1S/C17H24N2OS/c1-3-14(4-2)19-9-8-13(18-19)11-15(20)17-10-12-6-5-7-16(12)21-17/h8-10,14-15,20H,3-7,11H2,1-2H3. The molecule has 2 aromatic rings. The van der Waals surface area contributed by atoms with Gasteiger partial charge in [0.1, 0.15) is 0 Å². The maximum absolute atomic E-state index is 10.5. The second-order valence-corrected chi connectivity index (χ2v) is 7.10. The largest absolute Gasteiger partial charge is 0.387 e. The molecular weight excluding hydrogens is 280 g/mol. The van der Waals surface area contributed by atoms with E-state index < -0.39 is 6.10 Å². The van der Waals surface area contributed by atoms with E-state index in [1.165, 1.54) is 29.7 Å². The number of hydrogen-bond donors (Lipinski definition) is 1. The second-order valence-electron chi connectivity index (χ2n) is 5.93. The van der Waals surface area contributed by atoms with Crippen LogP contribution in [0.3, 0.4) is 0 Å². The van der Waals surface area contributed by atoms with Gasteiger partial charge in [0, 0.05) is 22.4 Å². The van der Waals surface area contributed by atoms with Crippen LogP contribution in [0.25, 0.3) is 0 Å². The zero-order valence-electron chi connectivity index (χ0n) is 12.9. The molecule has 0 fully saturated rings. The summed E-state index contributed by atoms with van der Waals surface area (Å²) in [5, 5.41) is 15.1. The Labute approximate surface area is 130 Å². The predicted octanol–water partition coefficient (Wildman–Crippen LogP) is 4.07. The van der Waals surface area contributed by atoms with Gasteiger partial charge in [0.15, 0.2) is 0 Å². The fraction of sp³-hybridized carbons (Fsp3) is 0.588. The van der Waals surface area contributed by atoms with Crippen LogP contribution < -0.4 is 0 Å². The molecule has 2 heterocycles. The van der Waals surface area contributed by atoms with Gasteiger partial charge >= 0.3 is 0 Å². The van der Waals surface area contributed by atoms with E-state index in [4.69, 9.17) is 0 Å². The van der Waals surface area contributed by atoms with Crippen LogP contribution in [0.2, 0.25) is 0 Å². The van der Waals surface area contributed by atoms with E-state index in [0.717, 1.165) is 23.4 Å². The first-order chi connectivity index (χ1) is 10.2. The summed E-state index contributed by atoms with van der Waals surface area (Å²) in [4.78, 5) is 2.59. The number of thiophene rings is 1. The van der Waals surface area contributed by atoms with Crippen LogP contribution in [0.4, 0.5) is 0 Å². The Kier molecular flexibility index (Phi) is 4.45. The maximum atomic E-state index is 10.5. The summed E-state index contributed by atoms with van der Waals surface area (Å²) in [5.41, 5.74) is 2.44. The van der Waals surface area contributed by atoms with Gasteiger partial charge in [-0.05, 0) is 49.8 Å². The van der Waals surface area contributed by atoms with Crippen LogP contribution >= 0.6 is 11.3 Å². The fourth-order valence-electron chi connectivity index (χ4n) is 3.17. The highest BCUT2D eigenvalue weighted by Crippen LogP contribution is 2.34. The van der Waals surface area contributed by atoms with Crippen molar-refractivity contribution in [3.05, 3.63) is 39.3 Å². The minimum atomic E-state index is -0.411. The number of aliphatic hydroxyl groups is 1. The van der Waals surface area contributed by atoms with E-state index in [1.54, 1.807) is 11.3 Å². The molecule has 1 unspecified atom stereocenters. The Hall–Kier alpha value is -1.13. The summed E-state index contributed by atoms with van der Waals surface area (Å²) in [7, 11) is 0. The van der Waals surface area contributed by atoms with E-state index in [0.29, 0.717) is 12.5 Å². The van der Waals surface area contributed by atoms with Crippen LogP contribution in [0.1, 0.15) is 66.3 Å². The highest BCUT2D eigenvalue weighted by atomic mass is 32.1. The summed E-state index contributed by atoms with van der Waals surface area (Å²) in [6.07, 6.45) is 8.09. The van der Waals surface area contributed by atoms with E-state index in [1.807, 2.05) is 12.3 Å². The summed E-state index contributed by atoms with van der Waals surface area (Å²) < 4.78 is 2.05. The first-order valence-electron chi connectivity index (χ1n) is 8.04. The molecule has 0 saturated heterocycles. The highest BCUT2D eigenvalue weighted by Gasteiger charge is 2.20. The molecule has 4 heteroatoms. The van der Waals surface area contributed by atoms with Gasteiger partial charge in [-0.2, -0.15) is 5.10 Å². The molecule has 3 rings (SSSR count). The van der Waals surface area contributed by atoms with Gasteiger partial charge in [-0.3, -0.25) is 4.68 Å². The molecule has 0 saturated carbocycles. The quantitative estimate of drug-likeness (QED) is 0.873. The molecule has 1 aliphatic rings. The number of aromatic nitrogens is 2. The average molecular weight is 304 g/mol. The highest BCUT2D eigenvalue weighted by molar-refractivity contribution is 7.12. The van der Waals surface area contributed by atoms with Crippen molar-refractivity contribution in [2.24, 2.45) is 0 Å². The number of aliphatic hydroxyl groups excluding tert-OH is 1. The summed E-state index contributed by atoms with van der Waals surface area (Å²) in [6.45, 7) is 4.38. The number of aryl methyl sites for hydroxylation is 2. The first kappa shape index (κ1) is 14.8. The molecule has 0 bridgehead atoms. The van der Waals surface area contributed by atoms with Crippen LogP contribution in [-0.2, 0) is 19.3 Å². The van der Waals surface area contributed by atoms with Crippen molar-refractivity contribution in [2.45, 2.75) is 64.5 Å². The lowest BCUT2D eigenvalue weighted by atomic mass is 10.1. The molecule has 0 aromatic carbocycles. The average Bonchev–Trinajstić information content (AvgIpc) is 3.15. The lowest BCUT2D eigenvalue weighted by Crippen LogP contribution is -2.08. The first-order valence-corrected chi connectivity index (χ1v) is 8.86. The zero-order valence-corrected chi connectivity index (χ0v) is 13.7. The Morgan fingerprint density at radius 2 is 2.14 bits per heavy atom. The van der Waals surface area contributed by atoms with Gasteiger partial charge in [0.2, 0.25) is 0 Å². The van der Waals surface area contributed by atoms with Gasteiger partial charge < -0.3 is 5.11 Å². The van der Waals surface area contributed by atoms with Crippen molar-refractivity contribution < 1.29 is 5.11 Å². The number of hydrogen-bond acceptors (Lipinski definition) is 3. The van der Waals surface area contributed by atoms with E-state index in [9.17, 15) is 5.11 Å². The molecule has 0 amide bonds. The molecule has 1 atom stereocenters. The minimum Gasteiger partial charge on any atom is -0.387 e. The van der Waals surface area contributed by atoms with Crippen molar-refractivity contribution in [3.63, 3.8) is 0 Å². The number of rotatable bonds is 6. The lowest BCUT2D eigenvalue weighted by molar-refractivity contribution is 0.180. The Bertz CT molecular complexity index is 576. The van der Waals surface area contributed by atoms with Gasteiger partial charge in [0.25, 0.3) is 0 Å². The second kappa shape index (κ2) is 6.32. The van der Waals surface area contributed by atoms with Crippen LogP contribution in [0.5, 0.6) is 0 Å². The molecule has 0 aliphatic heterocycles. The third-order valence-electron chi connectivity index (χ3n) is 4.48. The molecule has 1 aliphatic carbocycles. The number of nitrogens with zero attached hydrogens (tertiary/aromatic N) is 2. The van der Waals surface area contributed by atoms with Crippen molar-refractivity contribution in [3.8, 4) is 0 Å². The van der Waals surface area contributed by atoms with Crippen molar-refractivity contribution in [2.75, 3.05) is 0 Å². The maximum Gasteiger partial charge on any atom is 0.0938 e. The smallest absolute Gasteiger partial charge is 0.0938 e. The van der Waals surface area contributed by atoms with Crippen LogP contribution in [0.15, 0.2) is 18.3 Å². The topological polar surface area (TPSA) is 38.0 Å². The van der Waals surface area contributed by atoms with E-state index in [-0.39, 0.29) is 0 Å². The lowest BCUT2D eigenvalue weighted by Gasteiger charge is -2.12. The molecule has 1 N–H and O–H groups in total. The van der Waals surface area contributed by atoms with Gasteiger partial charge in [0.05, 0.1) is 17.8 Å². The van der Waals surface area contributed by atoms with Crippen LogP contribution in [-0.4, -0.2) is 14.9 Å². The monoisotopic (exact) mass is 304 g/mol. The predicted molar refractivity (Wildman–Crippen MR) is 86.9 cm³/mol. The molecular formula is C17H24N2OS. The van der Waals surface area contributed by atoms with Crippen molar-refractivity contribution in [1.29, 1.82) is 0 Å². The van der Waals surface area contributed by atoms with Gasteiger partial charge in [-0.1, -0.05) is 13.8 Å². The van der Waals surface area contributed by atoms with Crippen LogP contribution in [0, 0.1) is 0 Å². The van der Waals surface area contributed by atoms with Gasteiger partial charge in [-0.25, -0.2) is 0 Å². The summed E-state index contributed by atoms with van der Waals surface area (Å²) >= 11 is 1.79. The van der Waals surface area contributed by atoms with Gasteiger partial charge in [-0.15, -0.1) is 11.3 Å². The molecule has 3 nitrogen and oxygen atoms in total. The molecule has 21 heavy (non-hydrogen) atoms. The van der Waals surface area contributed by atoms with E-state index in [2.05, 4.69) is 29.7 Å². The summed E-state index contributed by atoms with van der Waals surface area (Å²) in [5.74, 6) is 0. The van der Waals surface area contributed by atoms with E-state index >= 15 is 0 Å². The summed E-state index contributed by atoms with van der Waals surface area (Å²) in [6, 6.07) is 4.72.